The maximum Gasteiger partial charge on any atom is 0.417 e. The lowest BCUT2D eigenvalue weighted by Crippen LogP contribution is -2.47. The minimum absolute atomic E-state index is 0.169. The highest BCUT2D eigenvalue weighted by atomic mass is 19.4. The van der Waals surface area contributed by atoms with Crippen molar-refractivity contribution in [2.45, 2.75) is 44.3 Å². The number of ether oxygens (including phenoxy) is 4. The Labute approximate surface area is 156 Å². The van der Waals surface area contributed by atoms with Gasteiger partial charge in [0, 0.05) is 17.4 Å². The Kier molecular flexibility index (Phi) is 6.07. The predicted molar refractivity (Wildman–Crippen MR) is 82.8 cm³/mol. The standard InChI is InChI=1S/C17H18F6O5/c1-7-10(13(14(24)26-4)28-16(7,2)17(21,22)23)8-5-6-9(27-15(19)20)11(18)12(8)25-3/h5-7,10,13,15H,1-4H3. The Morgan fingerprint density at radius 3 is 2.32 bits per heavy atom. The summed E-state index contributed by atoms with van der Waals surface area (Å²) < 4.78 is 98.7. The van der Waals surface area contributed by atoms with Crippen LogP contribution < -0.4 is 9.47 Å². The number of carbonyl (C=O) groups excluding carboxylic acids is 1. The normalized spacial score (nSPS) is 27.8. The van der Waals surface area contributed by atoms with Gasteiger partial charge in [0.1, 0.15) is 0 Å². The maximum absolute atomic E-state index is 14.5. The van der Waals surface area contributed by atoms with Gasteiger partial charge in [-0.1, -0.05) is 13.0 Å². The zero-order valence-electron chi connectivity index (χ0n) is 15.3. The van der Waals surface area contributed by atoms with Gasteiger partial charge < -0.3 is 18.9 Å². The molecule has 0 radical (unpaired) electrons. The van der Waals surface area contributed by atoms with E-state index in [1.807, 2.05) is 0 Å². The number of rotatable bonds is 5. The Hall–Kier alpha value is -2.17. The maximum atomic E-state index is 14.5. The molecule has 1 saturated heterocycles. The number of halogens is 6. The molecule has 1 aliphatic heterocycles. The molecule has 11 heteroatoms. The number of hydrogen-bond donors (Lipinski definition) is 0. The first-order valence-electron chi connectivity index (χ1n) is 8.02. The molecule has 0 amide bonds. The van der Waals surface area contributed by atoms with Crippen molar-refractivity contribution in [3.63, 3.8) is 0 Å². The van der Waals surface area contributed by atoms with Crippen LogP contribution in [0.2, 0.25) is 0 Å². The topological polar surface area (TPSA) is 54.0 Å². The highest BCUT2D eigenvalue weighted by Gasteiger charge is 2.66. The highest BCUT2D eigenvalue weighted by molar-refractivity contribution is 5.77. The van der Waals surface area contributed by atoms with E-state index < -0.39 is 59.6 Å². The zero-order valence-corrected chi connectivity index (χ0v) is 15.3. The molecule has 0 spiro atoms. The molecule has 5 nitrogen and oxygen atoms in total. The molecule has 4 atom stereocenters. The first kappa shape index (κ1) is 22.1. The predicted octanol–water partition coefficient (Wildman–Crippen LogP) is 4.05. The average Bonchev–Trinajstić information content (AvgIpc) is 2.88. The molecule has 4 unspecified atom stereocenters. The fourth-order valence-electron chi connectivity index (χ4n) is 3.33. The van der Waals surface area contributed by atoms with Crippen LogP contribution in [0.5, 0.6) is 11.5 Å². The number of benzene rings is 1. The first-order chi connectivity index (χ1) is 12.9. The molecule has 1 fully saturated rings. The molecule has 158 valence electrons. The molecular weight excluding hydrogens is 398 g/mol. The van der Waals surface area contributed by atoms with Crippen molar-refractivity contribution in [3.05, 3.63) is 23.5 Å². The van der Waals surface area contributed by atoms with Crippen molar-refractivity contribution in [1.82, 2.24) is 0 Å². The molecule has 1 aromatic carbocycles. The van der Waals surface area contributed by atoms with Crippen LogP contribution in [0.4, 0.5) is 26.3 Å². The van der Waals surface area contributed by atoms with Gasteiger partial charge in [-0.2, -0.15) is 26.3 Å². The van der Waals surface area contributed by atoms with E-state index in [-0.39, 0.29) is 5.56 Å². The molecule has 0 bridgehead atoms. The fourth-order valence-corrected chi connectivity index (χ4v) is 3.33. The molecule has 28 heavy (non-hydrogen) atoms. The van der Waals surface area contributed by atoms with Crippen LogP contribution in [-0.2, 0) is 14.3 Å². The summed E-state index contributed by atoms with van der Waals surface area (Å²) in [4.78, 5) is 12.1. The van der Waals surface area contributed by atoms with Gasteiger partial charge in [0.2, 0.25) is 5.82 Å². The summed E-state index contributed by atoms with van der Waals surface area (Å²) >= 11 is 0. The van der Waals surface area contributed by atoms with Crippen LogP contribution in [0, 0.1) is 11.7 Å². The number of carbonyl (C=O) groups is 1. The van der Waals surface area contributed by atoms with Crippen molar-refractivity contribution >= 4 is 5.97 Å². The third-order valence-electron chi connectivity index (χ3n) is 4.97. The van der Waals surface area contributed by atoms with Crippen LogP contribution in [0.1, 0.15) is 25.3 Å². The molecule has 0 N–H and O–H groups in total. The van der Waals surface area contributed by atoms with Crippen molar-refractivity contribution in [2.24, 2.45) is 5.92 Å². The van der Waals surface area contributed by atoms with E-state index in [1.165, 1.54) is 6.92 Å². The van der Waals surface area contributed by atoms with Crippen molar-refractivity contribution in [3.8, 4) is 11.5 Å². The largest absolute Gasteiger partial charge is 0.493 e. The van der Waals surface area contributed by atoms with Crippen LogP contribution in [-0.4, -0.2) is 44.7 Å². The van der Waals surface area contributed by atoms with E-state index in [2.05, 4.69) is 9.47 Å². The van der Waals surface area contributed by atoms with E-state index in [1.54, 1.807) is 0 Å². The lowest BCUT2D eigenvalue weighted by atomic mass is 9.77. The van der Waals surface area contributed by atoms with E-state index in [4.69, 9.17) is 9.47 Å². The third-order valence-corrected chi connectivity index (χ3v) is 4.97. The van der Waals surface area contributed by atoms with Crippen LogP contribution in [0.15, 0.2) is 12.1 Å². The van der Waals surface area contributed by atoms with Gasteiger partial charge >= 0.3 is 18.8 Å². The van der Waals surface area contributed by atoms with Gasteiger partial charge in [-0.15, -0.1) is 0 Å². The fraction of sp³-hybridized carbons (Fsp3) is 0.588. The number of esters is 1. The van der Waals surface area contributed by atoms with E-state index in [0.717, 1.165) is 33.3 Å². The number of alkyl halides is 5. The van der Waals surface area contributed by atoms with Crippen molar-refractivity contribution < 1.29 is 50.1 Å². The molecule has 2 rings (SSSR count). The number of methoxy groups -OCH3 is 2. The average molecular weight is 416 g/mol. The third kappa shape index (κ3) is 3.59. The Morgan fingerprint density at radius 1 is 1.25 bits per heavy atom. The first-order valence-corrected chi connectivity index (χ1v) is 8.02. The Morgan fingerprint density at radius 2 is 1.86 bits per heavy atom. The molecule has 0 aliphatic carbocycles. The summed E-state index contributed by atoms with van der Waals surface area (Å²) in [7, 11) is 1.97. The Balaban J connectivity index is 2.62. The molecule has 0 saturated carbocycles. The van der Waals surface area contributed by atoms with E-state index >= 15 is 0 Å². The van der Waals surface area contributed by atoms with Gasteiger partial charge in [0.25, 0.3) is 0 Å². The minimum atomic E-state index is -4.85. The van der Waals surface area contributed by atoms with Crippen molar-refractivity contribution in [2.75, 3.05) is 14.2 Å². The quantitative estimate of drug-likeness (QED) is 0.536. The second-order valence-corrected chi connectivity index (χ2v) is 6.36. The summed E-state index contributed by atoms with van der Waals surface area (Å²) in [5.41, 5.74) is -2.91. The second kappa shape index (κ2) is 7.69. The van der Waals surface area contributed by atoms with Crippen LogP contribution >= 0.6 is 0 Å². The lowest BCUT2D eigenvalue weighted by molar-refractivity contribution is -0.274. The molecule has 1 heterocycles. The molecule has 0 aromatic heterocycles. The zero-order chi connectivity index (χ0) is 21.4. The molecule has 1 aliphatic rings. The van der Waals surface area contributed by atoms with Crippen LogP contribution in [0.25, 0.3) is 0 Å². The smallest absolute Gasteiger partial charge is 0.417 e. The van der Waals surface area contributed by atoms with Gasteiger partial charge in [-0.3, -0.25) is 0 Å². The minimum Gasteiger partial charge on any atom is -0.493 e. The summed E-state index contributed by atoms with van der Waals surface area (Å²) in [6.45, 7) is -1.37. The van der Waals surface area contributed by atoms with Gasteiger partial charge in [0.15, 0.2) is 23.2 Å². The molecular formula is C17H18F6O5. The lowest BCUT2D eigenvalue weighted by Gasteiger charge is -2.32. The Bertz CT molecular complexity index is 737. The van der Waals surface area contributed by atoms with Crippen LogP contribution in [0.3, 0.4) is 0 Å². The molecule has 1 aromatic rings. The summed E-state index contributed by atoms with van der Waals surface area (Å²) in [6, 6.07) is 1.88. The van der Waals surface area contributed by atoms with Gasteiger partial charge in [-0.25, -0.2) is 4.79 Å². The second-order valence-electron chi connectivity index (χ2n) is 6.36. The van der Waals surface area contributed by atoms with Crippen molar-refractivity contribution in [1.29, 1.82) is 0 Å². The monoisotopic (exact) mass is 416 g/mol. The van der Waals surface area contributed by atoms with E-state index in [0.29, 0.717) is 0 Å². The SMILES string of the molecule is COC(=O)C1OC(C)(C(F)(F)F)C(C)C1c1ccc(OC(F)F)c(F)c1OC. The summed E-state index contributed by atoms with van der Waals surface area (Å²) in [6.07, 6.45) is -6.57. The van der Waals surface area contributed by atoms with Gasteiger partial charge in [0.05, 0.1) is 14.2 Å². The van der Waals surface area contributed by atoms with E-state index in [9.17, 15) is 31.1 Å². The number of hydrogen-bond acceptors (Lipinski definition) is 5. The highest BCUT2D eigenvalue weighted by Crippen LogP contribution is 2.55. The van der Waals surface area contributed by atoms with Gasteiger partial charge in [-0.05, 0) is 13.0 Å². The summed E-state index contributed by atoms with van der Waals surface area (Å²) in [5, 5.41) is 0. The summed E-state index contributed by atoms with van der Waals surface area (Å²) in [5.74, 6) is -6.61.